The molecular weight excluding hydrogens is 331 g/mol. The summed E-state index contributed by atoms with van der Waals surface area (Å²) in [5, 5.41) is 18.0. The van der Waals surface area contributed by atoms with E-state index in [4.69, 9.17) is 0 Å². The highest BCUT2D eigenvalue weighted by atomic mass is 32.2. The average Bonchev–Trinajstić information content (AvgIpc) is 3.03. The maximum absolute atomic E-state index is 13.8. The fourth-order valence-electron chi connectivity index (χ4n) is 2.19. The molecule has 0 amide bonds. The van der Waals surface area contributed by atoms with Gasteiger partial charge < -0.3 is 0 Å². The van der Waals surface area contributed by atoms with Gasteiger partial charge in [0.25, 0.3) is 5.69 Å². The fourth-order valence-corrected chi connectivity index (χ4v) is 3.03. The second kappa shape index (κ2) is 6.79. The number of nitro benzene ring substituents is 1. The summed E-state index contributed by atoms with van der Waals surface area (Å²) >= 11 is 1.34. The molecule has 3 rings (SSSR count). The number of rotatable bonds is 5. The monoisotopic (exact) mass is 344 g/mol. The van der Waals surface area contributed by atoms with Crippen LogP contribution in [0.1, 0.15) is 17.7 Å². The molecule has 0 spiro atoms. The highest BCUT2D eigenvalue weighted by molar-refractivity contribution is 7.99. The molecule has 1 heterocycles. The third-order valence-corrected chi connectivity index (χ3v) is 4.45. The number of hydrogen-bond donors (Lipinski definition) is 1. The largest absolute Gasteiger partial charge is 0.269 e. The van der Waals surface area contributed by atoms with Gasteiger partial charge in [-0.25, -0.2) is 9.37 Å². The summed E-state index contributed by atoms with van der Waals surface area (Å²) in [6, 6.07) is 12.7. The first-order valence-corrected chi connectivity index (χ1v) is 8.01. The Kier molecular flexibility index (Phi) is 4.57. The van der Waals surface area contributed by atoms with Gasteiger partial charge in [0.15, 0.2) is 5.82 Å². The van der Waals surface area contributed by atoms with Crippen LogP contribution in [0.2, 0.25) is 0 Å². The number of H-pyrrole nitrogens is 1. The number of halogens is 1. The van der Waals surface area contributed by atoms with E-state index in [0.29, 0.717) is 16.5 Å². The molecule has 1 N–H and O–H groups in total. The minimum absolute atomic E-state index is 0.0435. The maximum atomic E-state index is 13.8. The first-order chi connectivity index (χ1) is 11.5. The van der Waals surface area contributed by atoms with Crippen molar-refractivity contribution in [1.82, 2.24) is 15.2 Å². The zero-order valence-electron chi connectivity index (χ0n) is 12.6. The van der Waals surface area contributed by atoms with Crippen LogP contribution < -0.4 is 0 Å². The van der Waals surface area contributed by atoms with Crippen LogP contribution in [0.3, 0.4) is 0 Å². The molecule has 0 radical (unpaired) electrons. The second-order valence-electron chi connectivity index (χ2n) is 5.06. The van der Waals surface area contributed by atoms with E-state index in [-0.39, 0.29) is 16.8 Å². The zero-order chi connectivity index (χ0) is 17.1. The molecule has 0 aliphatic heterocycles. The van der Waals surface area contributed by atoms with Crippen molar-refractivity contribution in [3.05, 3.63) is 70.0 Å². The predicted molar refractivity (Wildman–Crippen MR) is 89.1 cm³/mol. The Morgan fingerprint density at radius 2 is 2.04 bits per heavy atom. The SMILES string of the molecule is CC(Sc1n[nH]c(-c2ccccc2F)n1)c1cccc([N+](=O)[O-])c1. The van der Waals surface area contributed by atoms with E-state index in [0.717, 1.165) is 5.56 Å². The lowest BCUT2D eigenvalue weighted by Gasteiger charge is -2.08. The van der Waals surface area contributed by atoms with Gasteiger partial charge in [-0.2, -0.15) is 0 Å². The number of nitrogens with one attached hydrogen (secondary N) is 1. The van der Waals surface area contributed by atoms with Crippen LogP contribution in [0.15, 0.2) is 53.7 Å². The molecule has 24 heavy (non-hydrogen) atoms. The number of nitrogens with zero attached hydrogens (tertiary/aromatic N) is 3. The third kappa shape index (κ3) is 3.43. The van der Waals surface area contributed by atoms with E-state index in [1.54, 1.807) is 24.3 Å². The summed E-state index contributed by atoms with van der Waals surface area (Å²) in [5.41, 5.74) is 1.19. The quantitative estimate of drug-likeness (QED) is 0.422. The van der Waals surface area contributed by atoms with Crippen LogP contribution in [0.4, 0.5) is 10.1 Å². The lowest BCUT2D eigenvalue weighted by Crippen LogP contribution is -1.93. The molecule has 0 fully saturated rings. The first-order valence-electron chi connectivity index (χ1n) is 7.13. The number of thioether (sulfide) groups is 1. The molecule has 0 saturated carbocycles. The van der Waals surface area contributed by atoms with Gasteiger partial charge in [0.1, 0.15) is 5.82 Å². The normalized spacial score (nSPS) is 12.1. The van der Waals surface area contributed by atoms with E-state index in [1.807, 2.05) is 13.0 Å². The molecular formula is C16H13FN4O2S. The first kappa shape index (κ1) is 16.1. The molecule has 1 aromatic heterocycles. The van der Waals surface area contributed by atoms with Crippen molar-refractivity contribution in [2.45, 2.75) is 17.3 Å². The van der Waals surface area contributed by atoms with E-state index < -0.39 is 4.92 Å². The topological polar surface area (TPSA) is 84.7 Å². The van der Waals surface area contributed by atoms with Crippen LogP contribution in [0, 0.1) is 15.9 Å². The minimum Gasteiger partial charge on any atom is -0.258 e. The number of hydrogen-bond acceptors (Lipinski definition) is 5. The summed E-state index contributed by atoms with van der Waals surface area (Å²) < 4.78 is 13.8. The average molecular weight is 344 g/mol. The van der Waals surface area contributed by atoms with Crippen molar-refractivity contribution in [3.63, 3.8) is 0 Å². The van der Waals surface area contributed by atoms with Crippen molar-refractivity contribution in [1.29, 1.82) is 0 Å². The van der Waals surface area contributed by atoms with Gasteiger partial charge in [-0.3, -0.25) is 15.2 Å². The Morgan fingerprint density at radius 3 is 2.79 bits per heavy atom. The highest BCUT2D eigenvalue weighted by Crippen LogP contribution is 2.34. The van der Waals surface area contributed by atoms with Crippen LogP contribution in [-0.2, 0) is 0 Å². The van der Waals surface area contributed by atoms with Crippen molar-refractivity contribution >= 4 is 17.4 Å². The molecule has 0 aliphatic carbocycles. The zero-order valence-corrected chi connectivity index (χ0v) is 13.5. The highest BCUT2D eigenvalue weighted by Gasteiger charge is 2.16. The molecule has 3 aromatic rings. The van der Waals surface area contributed by atoms with Crippen molar-refractivity contribution < 1.29 is 9.31 Å². The Hall–Kier alpha value is -2.74. The standard InChI is InChI=1S/C16H13FN4O2S/c1-10(11-5-4-6-12(9-11)21(22)23)24-16-18-15(19-20-16)13-7-2-3-8-14(13)17/h2-10H,1H3,(H,18,19,20). The van der Waals surface area contributed by atoms with Crippen LogP contribution in [0.5, 0.6) is 0 Å². The Balaban J connectivity index is 1.78. The van der Waals surface area contributed by atoms with E-state index in [9.17, 15) is 14.5 Å². The fraction of sp³-hybridized carbons (Fsp3) is 0.125. The van der Waals surface area contributed by atoms with Gasteiger partial charge in [-0.15, -0.1) is 5.10 Å². The summed E-state index contributed by atoms with van der Waals surface area (Å²) in [4.78, 5) is 14.7. The van der Waals surface area contributed by atoms with Gasteiger partial charge in [-0.05, 0) is 24.6 Å². The van der Waals surface area contributed by atoms with E-state index in [1.165, 1.54) is 30.0 Å². The second-order valence-corrected chi connectivity index (χ2v) is 6.37. The number of aromatic nitrogens is 3. The van der Waals surface area contributed by atoms with Crippen molar-refractivity contribution in [2.75, 3.05) is 0 Å². The lowest BCUT2D eigenvalue weighted by atomic mass is 10.1. The lowest BCUT2D eigenvalue weighted by molar-refractivity contribution is -0.384. The van der Waals surface area contributed by atoms with Gasteiger partial charge in [0.2, 0.25) is 5.16 Å². The third-order valence-electron chi connectivity index (χ3n) is 3.43. The molecule has 0 saturated heterocycles. The van der Waals surface area contributed by atoms with Gasteiger partial charge >= 0.3 is 0 Å². The molecule has 1 atom stereocenters. The Morgan fingerprint density at radius 1 is 1.25 bits per heavy atom. The molecule has 1 unspecified atom stereocenters. The van der Waals surface area contributed by atoms with Crippen LogP contribution in [-0.4, -0.2) is 20.1 Å². The number of non-ortho nitro benzene ring substituents is 1. The van der Waals surface area contributed by atoms with Crippen molar-refractivity contribution in [2.24, 2.45) is 0 Å². The minimum atomic E-state index is -0.427. The number of nitro groups is 1. The molecule has 2 aromatic carbocycles. The Labute approximate surface area is 141 Å². The molecule has 0 aliphatic rings. The molecule has 0 bridgehead atoms. The van der Waals surface area contributed by atoms with E-state index >= 15 is 0 Å². The number of benzene rings is 2. The maximum Gasteiger partial charge on any atom is 0.269 e. The molecule has 6 nitrogen and oxygen atoms in total. The summed E-state index contributed by atoms with van der Waals surface area (Å²) in [7, 11) is 0. The molecule has 8 heteroatoms. The van der Waals surface area contributed by atoms with Gasteiger partial charge in [0.05, 0.1) is 10.5 Å². The Bertz CT molecular complexity index is 884. The summed E-state index contributed by atoms with van der Waals surface area (Å²) in [6.45, 7) is 1.91. The van der Waals surface area contributed by atoms with Gasteiger partial charge in [-0.1, -0.05) is 36.0 Å². The van der Waals surface area contributed by atoms with Crippen molar-refractivity contribution in [3.8, 4) is 11.4 Å². The van der Waals surface area contributed by atoms with E-state index in [2.05, 4.69) is 15.2 Å². The summed E-state index contributed by atoms with van der Waals surface area (Å²) in [5.74, 6) is -0.0289. The number of aromatic amines is 1. The van der Waals surface area contributed by atoms with Gasteiger partial charge in [0, 0.05) is 17.4 Å². The predicted octanol–water partition coefficient (Wildman–Crippen LogP) is 4.37. The molecule has 122 valence electrons. The van der Waals surface area contributed by atoms with Crippen LogP contribution >= 0.6 is 11.8 Å². The van der Waals surface area contributed by atoms with Crippen LogP contribution in [0.25, 0.3) is 11.4 Å². The summed E-state index contributed by atoms with van der Waals surface area (Å²) in [6.07, 6.45) is 0. The smallest absolute Gasteiger partial charge is 0.258 e.